The number of aryl methyl sites for hydroxylation is 2. The van der Waals surface area contributed by atoms with Crippen LogP contribution in [0.5, 0.6) is 0 Å². The maximum atomic E-state index is 13.3. The summed E-state index contributed by atoms with van der Waals surface area (Å²) in [5.41, 5.74) is 2.55. The number of aromatic nitrogens is 1. The van der Waals surface area contributed by atoms with Gasteiger partial charge in [0.25, 0.3) is 0 Å². The summed E-state index contributed by atoms with van der Waals surface area (Å²) in [6.07, 6.45) is 1.48. The van der Waals surface area contributed by atoms with Crippen molar-refractivity contribution in [3.05, 3.63) is 40.8 Å². The Bertz CT molecular complexity index is 582. The molecule has 0 fully saturated rings. The SMILES string of the molecule is Cc1cc2c(C)c(C#N)cnc2cc1F. The molecule has 1 aromatic carbocycles. The summed E-state index contributed by atoms with van der Waals surface area (Å²) in [6, 6.07) is 5.20. The van der Waals surface area contributed by atoms with E-state index in [9.17, 15) is 4.39 Å². The van der Waals surface area contributed by atoms with E-state index in [-0.39, 0.29) is 5.82 Å². The van der Waals surface area contributed by atoms with Gasteiger partial charge in [0.15, 0.2) is 0 Å². The molecule has 0 saturated heterocycles. The van der Waals surface area contributed by atoms with Gasteiger partial charge in [0, 0.05) is 17.6 Å². The number of pyridine rings is 1. The van der Waals surface area contributed by atoms with Crippen LogP contribution < -0.4 is 0 Å². The molecule has 0 aliphatic heterocycles. The van der Waals surface area contributed by atoms with Gasteiger partial charge < -0.3 is 0 Å². The Morgan fingerprint density at radius 2 is 2.07 bits per heavy atom. The first-order chi connectivity index (χ1) is 7.13. The molecule has 0 saturated carbocycles. The Labute approximate surface area is 87.0 Å². The number of hydrogen-bond acceptors (Lipinski definition) is 2. The van der Waals surface area contributed by atoms with Crippen LogP contribution >= 0.6 is 0 Å². The van der Waals surface area contributed by atoms with Crippen LogP contribution in [0, 0.1) is 31.0 Å². The zero-order valence-electron chi connectivity index (χ0n) is 8.50. The van der Waals surface area contributed by atoms with E-state index in [1.807, 2.05) is 6.92 Å². The second kappa shape index (κ2) is 3.32. The molecule has 0 N–H and O–H groups in total. The number of hydrogen-bond donors (Lipinski definition) is 0. The van der Waals surface area contributed by atoms with Gasteiger partial charge in [-0.3, -0.25) is 4.98 Å². The fourth-order valence-corrected chi connectivity index (χ4v) is 1.57. The minimum Gasteiger partial charge on any atom is -0.255 e. The maximum Gasteiger partial charge on any atom is 0.128 e. The fourth-order valence-electron chi connectivity index (χ4n) is 1.57. The second-order valence-corrected chi connectivity index (χ2v) is 3.53. The zero-order valence-corrected chi connectivity index (χ0v) is 8.50. The topological polar surface area (TPSA) is 36.7 Å². The third-order valence-electron chi connectivity index (χ3n) is 2.54. The van der Waals surface area contributed by atoms with Crippen molar-refractivity contribution < 1.29 is 4.39 Å². The number of halogens is 1. The third-order valence-corrected chi connectivity index (χ3v) is 2.54. The molecule has 0 amide bonds. The minimum atomic E-state index is -0.265. The molecule has 1 aromatic heterocycles. The van der Waals surface area contributed by atoms with Gasteiger partial charge in [0.2, 0.25) is 0 Å². The van der Waals surface area contributed by atoms with Crippen molar-refractivity contribution in [1.29, 1.82) is 5.26 Å². The van der Waals surface area contributed by atoms with Crippen LogP contribution in [0.25, 0.3) is 10.9 Å². The van der Waals surface area contributed by atoms with E-state index in [1.165, 1.54) is 12.3 Å². The van der Waals surface area contributed by atoms with E-state index in [2.05, 4.69) is 11.1 Å². The van der Waals surface area contributed by atoms with E-state index in [0.29, 0.717) is 16.6 Å². The average molecular weight is 200 g/mol. The van der Waals surface area contributed by atoms with Gasteiger partial charge in [-0.2, -0.15) is 5.26 Å². The van der Waals surface area contributed by atoms with Gasteiger partial charge in [-0.15, -0.1) is 0 Å². The first kappa shape index (κ1) is 9.60. The Balaban J connectivity index is 2.89. The lowest BCUT2D eigenvalue weighted by Gasteiger charge is -2.05. The third kappa shape index (κ3) is 1.44. The molecule has 2 aromatic rings. The Morgan fingerprint density at radius 1 is 1.33 bits per heavy atom. The summed E-state index contributed by atoms with van der Waals surface area (Å²) >= 11 is 0. The van der Waals surface area contributed by atoms with Crippen molar-refractivity contribution in [2.45, 2.75) is 13.8 Å². The molecule has 0 unspecified atom stereocenters. The molecule has 0 aliphatic rings. The molecule has 0 radical (unpaired) electrons. The van der Waals surface area contributed by atoms with Crippen molar-refractivity contribution in [3.8, 4) is 6.07 Å². The Kier molecular flexibility index (Phi) is 2.12. The van der Waals surface area contributed by atoms with Gasteiger partial charge in [-0.1, -0.05) is 0 Å². The van der Waals surface area contributed by atoms with E-state index in [0.717, 1.165) is 10.9 Å². The highest BCUT2D eigenvalue weighted by Gasteiger charge is 2.07. The highest BCUT2D eigenvalue weighted by atomic mass is 19.1. The second-order valence-electron chi connectivity index (χ2n) is 3.53. The van der Waals surface area contributed by atoms with Crippen molar-refractivity contribution in [2.24, 2.45) is 0 Å². The molecular formula is C12H9FN2. The molecule has 1 heterocycles. The highest BCUT2D eigenvalue weighted by Crippen LogP contribution is 2.22. The van der Waals surface area contributed by atoms with Crippen LogP contribution in [-0.2, 0) is 0 Å². The standard InChI is InChI=1S/C12H9FN2/c1-7-3-10-8(2)9(5-14)6-15-12(10)4-11(7)13/h3-4,6H,1-2H3. The summed E-state index contributed by atoms with van der Waals surface area (Å²) in [5.74, 6) is -0.265. The fraction of sp³-hybridized carbons (Fsp3) is 0.167. The van der Waals surface area contributed by atoms with Crippen LogP contribution in [0.15, 0.2) is 18.3 Å². The Morgan fingerprint density at radius 3 is 2.73 bits per heavy atom. The predicted molar refractivity (Wildman–Crippen MR) is 55.9 cm³/mol. The quantitative estimate of drug-likeness (QED) is 0.655. The molecule has 3 heteroatoms. The summed E-state index contributed by atoms with van der Waals surface area (Å²) in [4.78, 5) is 4.05. The van der Waals surface area contributed by atoms with Crippen LogP contribution in [0.4, 0.5) is 4.39 Å². The van der Waals surface area contributed by atoms with Crippen molar-refractivity contribution >= 4 is 10.9 Å². The lowest BCUT2D eigenvalue weighted by Crippen LogP contribution is -1.91. The summed E-state index contributed by atoms with van der Waals surface area (Å²) in [5, 5.41) is 9.68. The molecular weight excluding hydrogens is 191 g/mol. The average Bonchev–Trinajstić information content (AvgIpc) is 2.22. The van der Waals surface area contributed by atoms with Gasteiger partial charge in [0.05, 0.1) is 11.1 Å². The molecule has 0 bridgehead atoms. The van der Waals surface area contributed by atoms with Crippen molar-refractivity contribution in [1.82, 2.24) is 4.98 Å². The van der Waals surface area contributed by atoms with Gasteiger partial charge in [-0.05, 0) is 31.0 Å². The van der Waals surface area contributed by atoms with Gasteiger partial charge in [0.1, 0.15) is 11.9 Å². The minimum absolute atomic E-state index is 0.265. The molecule has 2 rings (SSSR count). The Hall–Kier alpha value is -1.95. The number of nitrogens with zero attached hydrogens (tertiary/aromatic N) is 2. The number of rotatable bonds is 0. The molecule has 0 aliphatic carbocycles. The van der Waals surface area contributed by atoms with Crippen LogP contribution in [0.3, 0.4) is 0 Å². The van der Waals surface area contributed by atoms with E-state index >= 15 is 0 Å². The molecule has 0 spiro atoms. The van der Waals surface area contributed by atoms with Crippen LogP contribution in [0.2, 0.25) is 0 Å². The lowest BCUT2D eigenvalue weighted by atomic mass is 10.0. The highest BCUT2D eigenvalue weighted by molar-refractivity contribution is 5.84. The zero-order chi connectivity index (χ0) is 11.0. The van der Waals surface area contributed by atoms with Crippen LogP contribution in [0.1, 0.15) is 16.7 Å². The molecule has 15 heavy (non-hydrogen) atoms. The summed E-state index contributed by atoms with van der Waals surface area (Å²) in [7, 11) is 0. The lowest BCUT2D eigenvalue weighted by molar-refractivity contribution is 0.620. The summed E-state index contributed by atoms with van der Waals surface area (Å²) in [6.45, 7) is 3.55. The molecule has 0 atom stereocenters. The first-order valence-corrected chi connectivity index (χ1v) is 4.59. The largest absolute Gasteiger partial charge is 0.255 e. The van der Waals surface area contributed by atoms with Crippen molar-refractivity contribution in [2.75, 3.05) is 0 Å². The van der Waals surface area contributed by atoms with Crippen molar-refractivity contribution in [3.63, 3.8) is 0 Å². The molecule has 2 nitrogen and oxygen atoms in total. The number of benzene rings is 1. The smallest absolute Gasteiger partial charge is 0.128 e. The van der Waals surface area contributed by atoms with E-state index in [1.54, 1.807) is 13.0 Å². The van der Waals surface area contributed by atoms with E-state index in [4.69, 9.17) is 5.26 Å². The maximum absolute atomic E-state index is 13.3. The predicted octanol–water partition coefficient (Wildman–Crippen LogP) is 2.86. The van der Waals surface area contributed by atoms with Crippen LogP contribution in [-0.4, -0.2) is 4.98 Å². The number of fused-ring (bicyclic) bond motifs is 1. The molecule has 74 valence electrons. The first-order valence-electron chi connectivity index (χ1n) is 4.59. The van der Waals surface area contributed by atoms with Gasteiger partial charge >= 0.3 is 0 Å². The number of nitriles is 1. The van der Waals surface area contributed by atoms with Gasteiger partial charge in [-0.25, -0.2) is 4.39 Å². The monoisotopic (exact) mass is 200 g/mol. The summed E-state index contributed by atoms with van der Waals surface area (Å²) < 4.78 is 13.3. The van der Waals surface area contributed by atoms with E-state index < -0.39 is 0 Å². The normalized spacial score (nSPS) is 10.3.